The van der Waals surface area contributed by atoms with Crippen molar-refractivity contribution in [3.05, 3.63) is 12.2 Å². The fourth-order valence-electron chi connectivity index (χ4n) is 2.53. The third-order valence-electron chi connectivity index (χ3n) is 3.74. The molecule has 0 aromatic carbocycles. The van der Waals surface area contributed by atoms with Crippen LogP contribution in [0, 0.1) is 11.8 Å². The van der Waals surface area contributed by atoms with Crippen LogP contribution in [0.4, 0.5) is 0 Å². The van der Waals surface area contributed by atoms with Crippen LogP contribution in [0.25, 0.3) is 0 Å². The lowest BCUT2D eigenvalue weighted by Crippen LogP contribution is -2.23. The van der Waals surface area contributed by atoms with Crippen molar-refractivity contribution in [2.24, 2.45) is 11.8 Å². The molecule has 1 aliphatic carbocycles. The summed E-state index contributed by atoms with van der Waals surface area (Å²) in [6.45, 7) is 7.86. The average molecular weight is 223 g/mol. The minimum atomic E-state index is 0.619. The summed E-state index contributed by atoms with van der Waals surface area (Å²) in [5.74, 6) is 1.90. The lowest BCUT2D eigenvalue weighted by molar-refractivity contribution is 0.303. The average Bonchev–Trinajstić information content (AvgIpc) is 2.29. The van der Waals surface area contributed by atoms with Crippen LogP contribution in [0.15, 0.2) is 12.2 Å². The summed E-state index contributed by atoms with van der Waals surface area (Å²) in [6.07, 6.45) is 13.2. The highest BCUT2D eigenvalue weighted by Gasteiger charge is 2.17. The molecular weight excluding hydrogens is 194 g/mol. The fraction of sp³-hybridized carbons (Fsp3) is 0.867. The molecule has 0 aromatic heterocycles. The van der Waals surface area contributed by atoms with E-state index in [1.807, 2.05) is 0 Å². The Morgan fingerprint density at radius 3 is 2.44 bits per heavy atom. The highest BCUT2D eigenvalue weighted by Crippen LogP contribution is 2.31. The Morgan fingerprint density at radius 2 is 1.88 bits per heavy atom. The van der Waals surface area contributed by atoms with E-state index in [1.54, 1.807) is 0 Å². The van der Waals surface area contributed by atoms with E-state index in [-0.39, 0.29) is 0 Å². The van der Waals surface area contributed by atoms with Crippen molar-refractivity contribution in [2.45, 2.75) is 65.3 Å². The van der Waals surface area contributed by atoms with Crippen molar-refractivity contribution in [3.63, 3.8) is 0 Å². The summed E-state index contributed by atoms with van der Waals surface area (Å²) in [7, 11) is 0. The zero-order chi connectivity index (χ0) is 11.8. The second-order valence-electron chi connectivity index (χ2n) is 5.51. The van der Waals surface area contributed by atoms with Gasteiger partial charge in [0, 0.05) is 6.04 Å². The van der Waals surface area contributed by atoms with Crippen molar-refractivity contribution in [1.29, 1.82) is 0 Å². The van der Waals surface area contributed by atoms with Gasteiger partial charge in [0.05, 0.1) is 0 Å². The first-order valence-corrected chi connectivity index (χ1v) is 7.12. The fourth-order valence-corrected chi connectivity index (χ4v) is 2.53. The molecule has 0 saturated heterocycles. The van der Waals surface area contributed by atoms with E-state index in [2.05, 4.69) is 38.2 Å². The lowest BCUT2D eigenvalue weighted by atomic mass is 9.81. The van der Waals surface area contributed by atoms with Crippen LogP contribution < -0.4 is 5.32 Å². The zero-order valence-corrected chi connectivity index (χ0v) is 11.3. The molecule has 0 aliphatic heterocycles. The SMILES string of the molecule is CCC1CCC(C=CCCNC(C)C)CC1. The second kappa shape index (κ2) is 7.89. The Balaban J connectivity index is 2.06. The highest BCUT2D eigenvalue weighted by atomic mass is 14.9. The van der Waals surface area contributed by atoms with Gasteiger partial charge in [-0.05, 0) is 50.5 Å². The minimum Gasteiger partial charge on any atom is -0.314 e. The molecule has 0 radical (unpaired) electrons. The zero-order valence-electron chi connectivity index (χ0n) is 11.3. The number of hydrogen-bond acceptors (Lipinski definition) is 1. The molecule has 0 atom stereocenters. The molecule has 1 N–H and O–H groups in total. The summed E-state index contributed by atoms with van der Waals surface area (Å²) in [5.41, 5.74) is 0. The van der Waals surface area contributed by atoms with Crippen molar-refractivity contribution < 1.29 is 0 Å². The maximum atomic E-state index is 3.45. The quantitative estimate of drug-likeness (QED) is 0.527. The van der Waals surface area contributed by atoms with E-state index in [1.165, 1.54) is 38.5 Å². The molecule has 94 valence electrons. The predicted molar refractivity (Wildman–Crippen MR) is 72.6 cm³/mol. The number of allylic oxidation sites excluding steroid dienone is 1. The van der Waals surface area contributed by atoms with Crippen LogP contribution in [-0.4, -0.2) is 12.6 Å². The molecule has 1 rings (SSSR count). The number of hydrogen-bond donors (Lipinski definition) is 1. The Hall–Kier alpha value is -0.300. The predicted octanol–water partition coefficient (Wildman–Crippen LogP) is 4.15. The minimum absolute atomic E-state index is 0.619. The summed E-state index contributed by atoms with van der Waals surface area (Å²) in [6, 6.07) is 0.619. The van der Waals surface area contributed by atoms with Crippen molar-refractivity contribution in [1.82, 2.24) is 5.32 Å². The summed E-state index contributed by atoms with van der Waals surface area (Å²) in [5, 5.41) is 3.45. The van der Waals surface area contributed by atoms with Gasteiger partial charge >= 0.3 is 0 Å². The standard InChI is InChI=1S/C15H29N/c1-4-14-8-10-15(11-9-14)7-5-6-12-16-13(2)3/h5,7,13-16H,4,6,8-12H2,1-3H3. The smallest absolute Gasteiger partial charge is 0.00105 e. The molecule has 1 heteroatoms. The van der Waals surface area contributed by atoms with E-state index < -0.39 is 0 Å². The maximum Gasteiger partial charge on any atom is 0.00105 e. The second-order valence-corrected chi connectivity index (χ2v) is 5.51. The lowest BCUT2D eigenvalue weighted by Gasteiger charge is -2.25. The van der Waals surface area contributed by atoms with Crippen LogP contribution >= 0.6 is 0 Å². The Labute approximate surface area is 102 Å². The van der Waals surface area contributed by atoms with E-state index in [0.29, 0.717) is 6.04 Å². The van der Waals surface area contributed by atoms with Crippen molar-refractivity contribution >= 4 is 0 Å². The summed E-state index contributed by atoms with van der Waals surface area (Å²) < 4.78 is 0. The van der Waals surface area contributed by atoms with E-state index >= 15 is 0 Å². The van der Waals surface area contributed by atoms with Gasteiger partial charge in [-0.25, -0.2) is 0 Å². The third kappa shape index (κ3) is 5.69. The van der Waals surface area contributed by atoms with Gasteiger partial charge in [-0.2, -0.15) is 0 Å². The molecule has 0 bridgehead atoms. The molecule has 0 unspecified atom stereocenters. The topological polar surface area (TPSA) is 12.0 Å². The monoisotopic (exact) mass is 223 g/mol. The van der Waals surface area contributed by atoms with Gasteiger partial charge in [-0.15, -0.1) is 0 Å². The molecule has 1 nitrogen and oxygen atoms in total. The van der Waals surface area contributed by atoms with Gasteiger partial charge in [0.1, 0.15) is 0 Å². The first-order chi connectivity index (χ1) is 7.72. The van der Waals surface area contributed by atoms with Gasteiger partial charge in [0.2, 0.25) is 0 Å². The molecule has 0 spiro atoms. The Kier molecular flexibility index (Phi) is 6.79. The first kappa shape index (κ1) is 13.8. The summed E-state index contributed by atoms with van der Waals surface area (Å²) >= 11 is 0. The van der Waals surface area contributed by atoms with Crippen LogP contribution in [-0.2, 0) is 0 Å². The van der Waals surface area contributed by atoms with Crippen molar-refractivity contribution in [2.75, 3.05) is 6.54 Å². The Morgan fingerprint density at radius 1 is 1.19 bits per heavy atom. The largest absolute Gasteiger partial charge is 0.314 e. The van der Waals surface area contributed by atoms with Gasteiger partial charge < -0.3 is 5.32 Å². The van der Waals surface area contributed by atoms with Gasteiger partial charge in [-0.1, -0.05) is 39.3 Å². The van der Waals surface area contributed by atoms with Crippen LogP contribution in [0.3, 0.4) is 0 Å². The van der Waals surface area contributed by atoms with Crippen LogP contribution in [0.1, 0.15) is 59.3 Å². The number of nitrogens with one attached hydrogen (secondary N) is 1. The molecule has 16 heavy (non-hydrogen) atoms. The summed E-state index contributed by atoms with van der Waals surface area (Å²) in [4.78, 5) is 0. The van der Waals surface area contributed by atoms with Gasteiger partial charge in [-0.3, -0.25) is 0 Å². The third-order valence-corrected chi connectivity index (χ3v) is 3.74. The normalized spacial score (nSPS) is 26.8. The van der Waals surface area contributed by atoms with E-state index in [0.717, 1.165) is 18.4 Å². The molecular formula is C15H29N. The Bertz CT molecular complexity index is 188. The molecule has 1 saturated carbocycles. The molecule has 0 amide bonds. The number of rotatable bonds is 6. The van der Waals surface area contributed by atoms with E-state index in [9.17, 15) is 0 Å². The van der Waals surface area contributed by atoms with Crippen molar-refractivity contribution in [3.8, 4) is 0 Å². The molecule has 0 aromatic rings. The van der Waals surface area contributed by atoms with Crippen LogP contribution in [0.5, 0.6) is 0 Å². The first-order valence-electron chi connectivity index (χ1n) is 7.12. The highest BCUT2D eigenvalue weighted by molar-refractivity contribution is 4.91. The van der Waals surface area contributed by atoms with E-state index in [4.69, 9.17) is 0 Å². The molecule has 0 heterocycles. The van der Waals surface area contributed by atoms with Crippen LogP contribution in [0.2, 0.25) is 0 Å². The van der Waals surface area contributed by atoms with Gasteiger partial charge in [0.25, 0.3) is 0 Å². The maximum absolute atomic E-state index is 3.45. The molecule has 1 aliphatic rings. The van der Waals surface area contributed by atoms with Gasteiger partial charge in [0.15, 0.2) is 0 Å². The molecule has 1 fully saturated rings.